The maximum atomic E-state index is 10.6. The molecule has 1 aliphatic rings. The van der Waals surface area contributed by atoms with E-state index in [9.17, 15) is 5.11 Å². The molecule has 2 nitrogen and oxygen atoms in total. The average molecular weight is 211 g/mol. The quantitative estimate of drug-likeness (QED) is 0.767. The lowest BCUT2D eigenvalue weighted by Gasteiger charge is -2.41. The predicted molar refractivity (Wildman–Crippen MR) is 59.5 cm³/mol. The maximum absolute atomic E-state index is 10.6. The summed E-state index contributed by atoms with van der Waals surface area (Å²) in [5, 5.41) is 12.6. The highest BCUT2D eigenvalue weighted by molar-refractivity contribution is 7.10. The zero-order valence-electron chi connectivity index (χ0n) is 8.73. The molecular formula is C11H17NOS. The molecule has 1 aromatic rings. The Kier molecular flexibility index (Phi) is 2.64. The second kappa shape index (κ2) is 3.65. The standard InChI is InChI=1S/C11H17NOS/c1-9-8-12(2)6-5-11(9,13)10-4-3-7-14-10/h3-4,7,9,13H,5-6,8H2,1-2H3. The molecule has 3 heteroatoms. The number of hydrogen-bond donors (Lipinski definition) is 1. The molecule has 78 valence electrons. The van der Waals surface area contributed by atoms with Crippen LogP contribution in [0.1, 0.15) is 18.2 Å². The first kappa shape index (κ1) is 10.1. The molecule has 1 fully saturated rings. The van der Waals surface area contributed by atoms with Gasteiger partial charge in [-0.05, 0) is 24.9 Å². The van der Waals surface area contributed by atoms with Gasteiger partial charge in [-0.1, -0.05) is 13.0 Å². The minimum Gasteiger partial charge on any atom is -0.384 e. The molecule has 14 heavy (non-hydrogen) atoms. The van der Waals surface area contributed by atoms with Crippen LogP contribution in [0.3, 0.4) is 0 Å². The summed E-state index contributed by atoms with van der Waals surface area (Å²) in [6, 6.07) is 4.06. The predicted octanol–water partition coefficient (Wildman–Crippen LogP) is 1.91. The van der Waals surface area contributed by atoms with E-state index in [2.05, 4.69) is 18.9 Å². The molecule has 0 radical (unpaired) electrons. The maximum Gasteiger partial charge on any atom is 0.104 e. The Morgan fingerprint density at radius 1 is 1.64 bits per heavy atom. The number of hydrogen-bond acceptors (Lipinski definition) is 3. The van der Waals surface area contributed by atoms with Crippen LogP contribution in [0.2, 0.25) is 0 Å². The van der Waals surface area contributed by atoms with Crippen molar-refractivity contribution in [1.82, 2.24) is 4.90 Å². The molecule has 0 aromatic carbocycles. The van der Waals surface area contributed by atoms with Crippen molar-refractivity contribution in [3.8, 4) is 0 Å². The molecule has 2 unspecified atom stereocenters. The highest BCUT2D eigenvalue weighted by Gasteiger charge is 2.39. The first-order valence-electron chi connectivity index (χ1n) is 5.08. The van der Waals surface area contributed by atoms with Gasteiger partial charge in [0.2, 0.25) is 0 Å². The third-order valence-corrected chi connectivity index (χ3v) is 4.26. The fourth-order valence-corrected chi connectivity index (χ4v) is 3.18. The largest absolute Gasteiger partial charge is 0.384 e. The highest BCUT2D eigenvalue weighted by atomic mass is 32.1. The van der Waals surface area contributed by atoms with Gasteiger partial charge in [0.1, 0.15) is 5.60 Å². The lowest BCUT2D eigenvalue weighted by Crippen LogP contribution is -2.47. The van der Waals surface area contributed by atoms with E-state index in [1.165, 1.54) is 0 Å². The van der Waals surface area contributed by atoms with Crippen LogP contribution in [-0.4, -0.2) is 30.1 Å². The molecule has 2 rings (SSSR count). The van der Waals surface area contributed by atoms with Gasteiger partial charge in [0.05, 0.1) is 0 Å². The van der Waals surface area contributed by atoms with Gasteiger partial charge in [-0.2, -0.15) is 0 Å². The van der Waals surface area contributed by atoms with Crippen LogP contribution in [0, 0.1) is 5.92 Å². The smallest absolute Gasteiger partial charge is 0.104 e. The van der Waals surface area contributed by atoms with Crippen molar-refractivity contribution < 1.29 is 5.11 Å². The van der Waals surface area contributed by atoms with Gasteiger partial charge in [-0.3, -0.25) is 0 Å². The van der Waals surface area contributed by atoms with Crippen LogP contribution >= 0.6 is 11.3 Å². The summed E-state index contributed by atoms with van der Waals surface area (Å²) in [5.41, 5.74) is -0.583. The van der Waals surface area contributed by atoms with Crippen LogP contribution in [0.15, 0.2) is 17.5 Å². The summed E-state index contributed by atoms with van der Waals surface area (Å²) in [6.45, 7) is 4.10. The van der Waals surface area contributed by atoms with E-state index in [-0.39, 0.29) is 0 Å². The van der Waals surface area contributed by atoms with E-state index >= 15 is 0 Å². The minimum absolute atomic E-state index is 0.319. The number of likely N-dealkylation sites (tertiary alicyclic amines) is 1. The summed E-state index contributed by atoms with van der Waals surface area (Å²) in [5.74, 6) is 0.319. The Morgan fingerprint density at radius 2 is 2.43 bits per heavy atom. The molecule has 1 N–H and O–H groups in total. The second-order valence-corrected chi connectivity index (χ2v) is 5.26. The number of rotatable bonds is 1. The molecule has 1 aromatic heterocycles. The number of nitrogens with zero attached hydrogens (tertiary/aromatic N) is 1. The fraction of sp³-hybridized carbons (Fsp3) is 0.636. The molecule has 2 atom stereocenters. The molecule has 1 saturated heterocycles. The van der Waals surface area contributed by atoms with Gasteiger partial charge in [0.15, 0.2) is 0 Å². The minimum atomic E-state index is -0.583. The Labute approximate surface area is 89.2 Å². The number of aliphatic hydroxyl groups is 1. The Balaban J connectivity index is 2.23. The second-order valence-electron chi connectivity index (χ2n) is 4.31. The summed E-state index contributed by atoms with van der Waals surface area (Å²) in [7, 11) is 2.12. The molecule has 2 heterocycles. The van der Waals surface area contributed by atoms with Crippen molar-refractivity contribution in [3.63, 3.8) is 0 Å². The Hall–Kier alpha value is -0.380. The first-order chi connectivity index (χ1) is 6.63. The third-order valence-electron chi connectivity index (χ3n) is 3.22. The summed E-state index contributed by atoms with van der Waals surface area (Å²) < 4.78 is 0. The van der Waals surface area contributed by atoms with Gasteiger partial charge in [-0.15, -0.1) is 11.3 Å². The lowest BCUT2D eigenvalue weighted by molar-refractivity contribution is -0.0631. The van der Waals surface area contributed by atoms with Crippen LogP contribution in [0.4, 0.5) is 0 Å². The molecular weight excluding hydrogens is 194 g/mol. The molecule has 0 amide bonds. The van der Waals surface area contributed by atoms with Crippen molar-refractivity contribution in [2.45, 2.75) is 18.9 Å². The van der Waals surface area contributed by atoms with E-state index in [0.717, 1.165) is 24.4 Å². The zero-order chi connectivity index (χ0) is 10.2. The molecule has 0 aliphatic carbocycles. The van der Waals surface area contributed by atoms with Crippen molar-refractivity contribution in [2.24, 2.45) is 5.92 Å². The van der Waals surface area contributed by atoms with Gasteiger partial charge in [0, 0.05) is 23.9 Å². The van der Waals surface area contributed by atoms with Crippen LogP contribution < -0.4 is 0 Å². The number of piperidine rings is 1. The molecule has 0 saturated carbocycles. The summed E-state index contributed by atoms with van der Waals surface area (Å²) >= 11 is 1.66. The van der Waals surface area contributed by atoms with Crippen molar-refractivity contribution >= 4 is 11.3 Å². The van der Waals surface area contributed by atoms with Crippen LogP contribution in [0.5, 0.6) is 0 Å². The zero-order valence-corrected chi connectivity index (χ0v) is 9.55. The Morgan fingerprint density at radius 3 is 3.00 bits per heavy atom. The van der Waals surface area contributed by atoms with E-state index < -0.39 is 5.60 Å². The van der Waals surface area contributed by atoms with Crippen molar-refractivity contribution in [3.05, 3.63) is 22.4 Å². The summed E-state index contributed by atoms with van der Waals surface area (Å²) in [4.78, 5) is 3.41. The topological polar surface area (TPSA) is 23.5 Å². The summed E-state index contributed by atoms with van der Waals surface area (Å²) in [6.07, 6.45) is 0.852. The normalized spacial score (nSPS) is 34.6. The third kappa shape index (κ3) is 1.60. The lowest BCUT2D eigenvalue weighted by atomic mass is 9.81. The SMILES string of the molecule is CC1CN(C)CCC1(O)c1cccs1. The first-order valence-corrected chi connectivity index (χ1v) is 5.96. The van der Waals surface area contributed by atoms with Gasteiger partial charge >= 0.3 is 0 Å². The Bertz CT molecular complexity index is 298. The number of thiophene rings is 1. The molecule has 0 bridgehead atoms. The van der Waals surface area contributed by atoms with E-state index in [0.29, 0.717) is 5.92 Å². The monoisotopic (exact) mass is 211 g/mol. The van der Waals surface area contributed by atoms with Crippen molar-refractivity contribution in [1.29, 1.82) is 0 Å². The van der Waals surface area contributed by atoms with Gasteiger partial charge < -0.3 is 10.0 Å². The molecule has 1 aliphatic heterocycles. The van der Waals surface area contributed by atoms with Gasteiger partial charge in [-0.25, -0.2) is 0 Å². The van der Waals surface area contributed by atoms with Gasteiger partial charge in [0.25, 0.3) is 0 Å². The van der Waals surface area contributed by atoms with Crippen LogP contribution in [-0.2, 0) is 5.60 Å². The fourth-order valence-electron chi connectivity index (χ4n) is 2.21. The van der Waals surface area contributed by atoms with E-state index in [1.54, 1.807) is 11.3 Å². The van der Waals surface area contributed by atoms with Crippen molar-refractivity contribution in [2.75, 3.05) is 20.1 Å². The highest BCUT2D eigenvalue weighted by Crippen LogP contribution is 2.38. The van der Waals surface area contributed by atoms with E-state index in [4.69, 9.17) is 0 Å². The average Bonchev–Trinajstić information content (AvgIpc) is 2.65. The molecule has 0 spiro atoms. The van der Waals surface area contributed by atoms with Crippen LogP contribution in [0.25, 0.3) is 0 Å². The van der Waals surface area contributed by atoms with E-state index in [1.807, 2.05) is 17.5 Å².